The molecule has 2 heterocycles. The van der Waals surface area contributed by atoms with E-state index in [4.69, 9.17) is 5.11 Å². The van der Waals surface area contributed by atoms with Gasteiger partial charge in [-0.1, -0.05) is 6.07 Å². The van der Waals surface area contributed by atoms with Crippen LogP contribution in [0.25, 0.3) is 0 Å². The van der Waals surface area contributed by atoms with Crippen molar-refractivity contribution in [1.29, 1.82) is 0 Å². The summed E-state index contributed by atoms with van der Waals surface area (Å²) in [6, 6.07) is 4.88. The molecular weight excluding hydrogens is 220 g/mol. The fraction of sp³-hybridized carbons (Fsp3) is 0.500. The summed E-state index contributed by atoms with van der Waals surface area (Å²) in [4.78, 5) is 16.9. The molecule has 1 aliphatic rings. The summed E-state index contributed by atoms with van der Waals surface area (Å²) in [5.41, 5.74) is 0.587. The number of aliphatic hydroxyl groups is 1. The molecule has 17 heavy (non-hydrogen) atoms. The number of hydrogen-bond donors (Lipinski definition) is 2. The van der Waals surface area contributed by atoms with E-state index >= 15 is 0 Å². The van der Waals surface area contributed by atoms with Crippen LogP contribution in [0.1, 0.15) is 24.6 Å². The molecule has 0 bridgehead atoms. The molecule has 2 atom stereocenters. The molecule has 0 radical (unpaired) electrons. The zero-order valence-corrected chi connectivity index (χ0v) is 9.49. The highest BCUT2D eigenvalue weighted by molar-refractivity contribution is 5.73. The van der Waals surface area contributed by atoms with E-state index in [1.165, 1.54) is 0 Å². The molecular formula is C12H16N2O3. The molecule has 0 saturated carbocycles. The molecule has 5 heteroatoms. The van der Waals surface area contributed by atoms with Crippen LogP contribution in [0.4, 0.5) is 0 Å². The zero-order chi connectivity index (χ0) is 12.3. The topological polar surface area (TPSA) is 73.7 Å². The quantitative estimate of drug-likeness (QED) is 0.803. The number of carboxylic acids is 1. The lowest BCUT2D eigenvalue weighted by molar-refractivity contribution is -0.142. The van der Waals surface area contributed by atoms with Crippen LogP contribution in [-0.4, -0.2) is 45.2 Å². The van der Waals surface area contributed by atoms with E-state index in [0.717, 1.165) is 13.0 Å². The molecule has 5 nitrogen and oxygen atoms in total. The van der Waals surface area contributed by atoms with E-state index < -0.39 is 18.1 Å². The van der Waals surface area contributed by atoms with Gasteiger partial charge in [0.2, 0.25) is 0 Å². The van der Waals surface area contributed by atoms with Gasteiger partial charge in [0.05, 0.1) is 5.69 Å². The molecule has 0 aliphatic carbocycles. The average molecular weight is 236 g/mol. The van der Waals surface area contributed by atoms with Crippen LogP contribution in [-0.2, 0) is 4.79 Å². The normalized spacial score (nSPS) is 22.5. The summed E-state index contributed by atoms with van der Waals surface area (Å²) in [7, 11) is 0. The van der Waals surface area contributed by atoms with Crippen molar-refractivity contribution in [3.63, 3.8) is 0 Å². The third-order valence-corrected chi connectivity index (χ3v) is 3.09. The predicted octanol–water partition coefficient (Wildman–Crippen LogP) is 0.664. The van der Waals surface area contributed by atoms with Crippen LogP contribution in [0.5, 0.6) is 0 Å². The third-order valence-electron chi connectivity index (χ3n) is 3.09. The van der Waals surface area contributed by atoms with Gasteiger partial charge in [-0.25, -0.2) is 0 Å². The van der Waals surface area contributed by atoms with Gasteiger partial charge in [-0.2, -0.15) is 0 Å². The molecule has 2 unspecified atom stereocenters. The highest BCUT2D eigenvalue weighted by Gasteiger charge is 2.31. The second-order valence-corrected chi connectivity index (χ2v) is 4.26. The van der Waals surface area contributed by atoms with Crippen molar-refractivity contribution < 1.29 is 15.0 Å². The maximum Gasteiger partial charge on any atom is 0.320 e. The van der Waals surface area contributed by atoms with Crippen LogP contribution in [0.15, 0.2) is 24.4 Å². The lowest BCUT2D eigenvalue weighted by atomic mass is 10.2. The first-order valence-electron chi connectivity index (χ1n) is 5.74. The van der Waals surface area contributed by atoms with Crippen molar-refractivity contribution in [1.82, 2.24) is 9.88 Å². The highest BCUT2D eigenvalue weighted by atomic mass is 16.4. The van der Waals surface area contributed by atoms with Gasteiger partial charge in [-0.15, -0.1) is 0 Å². The summed E-state index contributed by atoms with van der Waals surface area (Å²) in [5.74, 6) is -0.810. The van der Waals surface area contributed by atoms with Gasteiger partial charge in [0.25, 0.3) is 0 Å². The van der Waals surface area contributed by atoms with Gasteiger partial charge in [0.1, 0.15) is 12.1 Å². The third kappa shape index (κ3) is 2.81. The van der Waals surface area contributed by atoms with Crippen LogP contribution in [0, 0.1) is 0 Å². The molecule has 1 saturated heterocycles. The van der Waals surface area contributed by atoms with Crippen LogP contribution >= 0.6 is 0 Å². The average Bonchev–Trinajstić information content (AvgIpc) is 2.78. The largest absolute Gasteiger partial charge is 0.480 e. The standard InChI is InChI=1S/C12H16N2O3/c15-11(9-4-1-2-6-13-9)8-14-7-3-5-10(14)12(16)17/h1-2,4,6,10-11,15H,3,5,7-8H2,(H,16,17). The molecule has 1 aliphatic heterocycles. The van der Waals surface area contributed by atoms with Crippen LogP contribution in [0.2, 0.25) is 0 Å². The Balaban J connectivity index is 1.99. The number of hydrogen-bond acceptors (Lipinski definition) is 4. The van der Waals surface area contributed by atoms with Gasteiger partial charge in [-0.3, -0.25) is 14.7 Å². The Labute approximate surface area is 99.7 Å². The van der Waals surface area contributed by atoms with E-state index in [1.54, 1.807) is 18.3 Å². The van der Waals surface area contributed by atoms with E-state index in [1.807, 2.05) is 11.0 Å². The van der Waals surface area contributed by atoms with Gasteiger partial charge in [-0.05, 0) is 31.5 Å². The second kappa shape index (κ2) is 5.25. The molecule has 2 N–H and O–H groups in total. The monoisotopic (exact) mass is 236 g/mol. The summed E-state index contributed by atoms with van der Waals surface area (Å²) in [5, 5.41) is 19.0. The molecule has 0 spiro atoms. The number of nitrogens with zero attached hydrogens (tertiary/aromatic N) is 2. The fourth-order valence-electron chi connectivity index (χ4n) is 2.21. The number of aromatic nitrogens is 1. The SMILES string of the molecule is O=C(O)C1CCCN1CC(O)c1ccccn1. The second-order valence-electron chi connectivity index (χ2n) is 4.26. The smallest absolute Gasteiger partial charge is 0.320 e. The fourth-order valence-corrected chi connectivity index (χ4v) is 2.21. The maximum atomic E-state index is 11.0. The summed E-state index contributed by atoms with van der Waals surface area (Å²) >= 11 is 0. The number of pyridine rings is 1. The van der Waals surface area contributed by atoms with Gasteiger partial charge >= 0.3 is 5.97 Å². The Morgan fingerprint density at radius 1 is 1.59 bits per heavy atom. The number of aliphatic hydroxyl groups excluding tert-OH is 1. The highest BCUT2D eigenvalue weighted by Crippen LogP contribution is 2.21. The lowest BCUT2D eigenvalue weighted by Crippen LogP contribution is -2.38. The van der Waals surface area contributed by atoms with Crippen molar-refractivity contribution >= 4 is 5.97 Å². The number of β-amino-alcohol motifs (C(OH)–C–C–N with tert-alkyl or cyclic N) is 1. The number of rotatable bonds is 4. The Morgan fingerprint density at radius 2 is 2.41 bits per heavy atom. The molecule has 2 rings (SSSR count). The maximum absolute atomic E-state index is 11.0. The minimum Gasteiger partial charge on any atom is -0.480 e. The van der Waals surface area contributed by atoms with E-state index in [2.05, 4.69) is 4.98 Å². The summed E-state index contributed by atoms with van der Waals surface area (Å²) in [6.45, 7) is 1.05. The van der Waals surface area contributed by atoms with E-state index in [9.17, 15) is 9.90 Å². The number of likely N-dealkylation sites (tertiary alicyclic amines) is 1. The van der Waals surface area contributed by atoms with Crippen molar-refractivity contribution in [3.8, 4) is 0 Å². The van der Waals surface area contributed by atoms with Gasteiger partial charge in [0, 0.05) is 12.7 Å². The zero-order valence-electron chi connectivity index (χ0n) is 9.49. The molecule has 1 aromatic heterocycles. The number of aliphatic carboxylic acids is 1. The summed E-state index contributed by atoms with van der Waals surface area (Å²) in [6.07, 6.45) is 2.42. The van der Waals surface area contributed by atoms with Crippen molar-refractivity contribution in [2.45, 2.75) is 25.0 Å². The molecule has 1 aromatic rings. The van der Waals surface area contributed by atoms with Crippen molar-refractivity contribution in [2.75, 3.05) is 13.1 Å². The first-order chi connectivity index (χ1) is 8.18. The molecule has 92 valence electrons. The predicted molar refractivity (Wildman–Crippen MR) is 61.4 cm³/mol. The molecule has 0 aromatic carbocycles. The van der Waals surface area contributed by atoms with Gasteiger partial charge < -0.3 is 10.2 Å². The Kier molecular flexibility index (Phi) is 3.71. The number of carboxylic acid groups (broad SMARTS) is 1. The first-order valence-corrected chi connectivity index (χ1v) is 5.74. The van der Waals surface area contributed by atoms with Crippen molar-refractivity contribution in [2.24, 2.45) is 0 Å². The van der Waals surface area contributed by atoms with Crippen molar-refractivity contribution in [3.05, 3.63) is 30.1 Å². The minimum atomic E-state index is -0.810. The number of carbonyl (C=O) groups is 1. The first kappa shape index (κ1) is 12.0. The van der Waals surface area contributed by atoms with E-state index in [-0.39, 0.29) is 0 Å². The van der Waals surface area contributed by atoms with E-state index in [0.29, 0.717) is 18.7 Å². The van der Waals surface area contributed by atoms with Gasteiger partial charge in [0.15, 0.2) is 0 Å². The summed E-state index contributed by atoms with van der Waals surface area (Å²) < 4.78 is 0. The molecule has 0 amide bonds. The Bertz CT molecular complexity index is 383. The van der Waals surface area contributed by atoms with Crippen LogP contribution < -0.4 is 0 Å². The minimum absolute atomic E-state index is 0.327. The Hall–Kier alpha value is -1.46. The van der Waals surface area contributed by atoms with Crippen LogP contribution in [0.3, 0.4) is 0 Å². The Morgan fingerprint density at radius 3 is 3.06 bits per heavy atom. The lowest BCUT2D eigenvalue weighted by Gasteiger charge is -2.23. The molecule has 1 fully saturated rings.